The van der Waals surface area contributed by atoms with Crippen LogP contribution in [0.15, 0.2) is 96.3 Å². The van der Waals surface area contributed by atoms with E-state index >= 15 is 0 Å². The Morgan fingerprint density at radius 3 is 2.03 bits per heavy atom. The number of aromatic nitrogens is 3. The second-order valence-electron chi connectivity index (χ2n) is 8.29. The van der Waals surface area contributed by atoms with Gasteiger partial charge in [-0.2, -0.15) is 5.26 Å². The largest absolute Gasteiger partial charge is 0.451 e. The van der Waals surface area contributed by atoms with Gasteiger partial charge >= 0.3 is 5.97 Å². The Morgan fingerprint density at radius 2 is 1.43 bits per heavy atom. The molecule has 5 rings (SSSR count). The van der Waals surface area contributed by atoms with Crippen molar-refractivity contribution in [3.63, 3.8) is 0 Å². The molecule has 0 spiro atoms. The number of hydrogen-bond acceptors (Lipinski definition) is 8. The number of hydrogen-bond donors (Lipinski definition) is 0. The number of Topliss-reactive ketones (excluding diaryl/α,β-unsaturated/α-hetero) is 1. The molecule has 1 aliphatic heterocycles. The predicted octanol–water partition coefficient (Wildman–Crippen LogP) is 3.98. The van der Waals surface area contributed by atoms with Crippen LogP contribution >= 0.6 is 0 Å². The van der Waals surface area contributed by atoms with Gasteiger partial charge in [-0.3, -0.25) is 4.79 Å². The highest BCUT2D eigenvalue weighted by Gasteiger charge is 2.32. The number of esters is 1. The molecule has 0 fully saturated rings. The maximum absolute atomic E-state index is 13.0. The van der Waals surface area contributed by atoms with E-state index in [4.69, 9.17) is 4.74 Å². The van der Waals surface area contributed by atoms with Gasteiger partial charge in [-0.05, 0) is 24.3 Å². The molecule has 9 nitrogen and oxygen atoms in total. The summed E-state index contributed by atoms with van der Waals surface area (Å²) < 4.78 is 6.82. The fourth-order valence-electron chi connectivity index (χ4n) is 4.25. The van der Waals surface area contributed by atoms with Crippen LogP contribution in [-0.4, -0.2) is 47.2 Å². The predicted molar refractivity (Wildman–Crippen MR) is 138 cm³/mol. The number of benzene rings is 3. The second-order valence-corrected chi connectivity index (χ2v) is 8.29. The van der Waals surface area contributed by atoms with E-state index in [0.29, 0.717) is 17.3 Å². The minimum Gasteiger partial charge on any atom is -0.451 e. The number of anilines is 2. The molecular formula is C28H22N6O3. The second kappa shape index (κ2) is 9.79. The molecule has 0 bridgehead atoms. The van der Waals surface area contributed by atoms with Crippen LogP contribution in [0.1, 0.15) is 10.6 Å². The van der Waals surface area contributed by atoms with Crippen molar-refractivity contribution in [2.45, 2.75) is 0 Å². The van der Waals surface area contributed by atoms with Crippen molar-refractivity contribution in [2.24, 2.45) is 0 Å². The third kappa shape index (κ3) is 4.32. The number of rotatable bonds is 6. The van der Waals surface area contributed by atoms with Gasteiger partial charge in [0.05, 0.1) is 17.1 Å². The summed E-state index contributed by atoms with van der Waals surface area (Å²) in [5.74, 6) is -0.800. The summed E-state index contributed by atoms with van der Waals surface area (Å²) in [7, 11) is 3.55. The lowest BCUT2D eigenvalue weighted by Crippen LogP contribution is -2.28. The molecule has 3 aromatic carbocycles. The summed E-state index contributed by atoms with van der Waals surface area (Å²) in [5.41, 5.74) is 3.09. The Kier molecular flexibility index (Phi) is 6.22. The molecule has 0 atom stereocenters. The van der Waals surface area contributed by atoms with E-state index in [1.54, 1.807) is 28.6 Å². The van der Waals surface area contributed by atoms with Crippen molar-refractivity contribution >= 4 is 23.1 Å². The quantitative estimate of drug-likeness (QED) is 0.227. The van der Waals surface area contributed by atoms with Crippen LogP contribution in [0.5, 0.6) is 0 Å². The topological polar surface area (TPSA) is 104 Å². The Bertz CT molecular complexity index is 1470. The first kappa shape index (κ1) is 23.5. The number of fused-ring (bicyclic) bond motifs is 1. The monoisotopic (exact) mass is 490 g/mol. The molecule has 37 heavy (non-hydrogen) atoms. The summed E-state index contributed by atoms with van der Waals surface area (Å²) in [6, 6.07) is 28.2. The van der Waals surface area contributed by atoms with Gasteiger partial charge in [0.15, 0.2) is 12.4 Å². The van der Waals surface area contributed by atoms with Gasteiger partial charge in [0.2, 0.25) is 5.78 Å². The molecule has 1 aromatic heterocycles. The Hall–Kier alpha value is -5.23. The number of carbonyl (C=O) groups excluding carboxylic acids is 2. The number of nitrogens with zero attached hydrogens (tertiary/aromatic N) is 6. The molecule has 0 radical (unpaired) electrons. The van der Waals surface area contributed by atoms with Crippen LogP contribution in [0.25, 0.3) is 17.1 Å². The summed E-state index contributed by atoms with van der Waals surface area (Å²) in [5, 5.41) is 14.1. The summed E-state index contributed by atoms with van der Waals surface area (Å²) >= 11 is 0. The minimum atomic E-state index is -0.862. The van der Waals surface area contributed by atoms with Gasteiger partial charge in [0, 0.05) is 19.7 Å². The first-order valence-corrected chi connectivity index (χ1v) is 11.5. The molecule has 9 heteroatoms. The lowest BCUT2D eigenvalue weighted by molar-refractivity contribution is -0.118. The average molecular weight is 491 g/mol. The Labute approximate surface area is 213 Å². The van der Waals surface area contributed by atoms with E-state index in [1.807, 2.05) is 91.0 Å². The molecule has 182 valence electrons. The Balaban J connectivity index is 1.39. The van der Waals surface area contributed by atoms with Crippen molar-refractivity contribution in [2.75, 3.05) is 30.5 Å². The molecule has 0 unspecified atom stereocenters. The number of ether oxygens (including phenoxy) is 1. The van der Waals surface area contributed by atoms with Gasteiger partial charge in [-0.1, -0.05) is 60.7 Å². The first-order valence-electron chi connectivity index (χ1n) is 11.5. The zero-order valence-corrected chi connectivity index (χ0v) is 20.2. The molecule has 0 N–H and O–H groups in total. The van der Waals surface area contributed by atoms with Gasteiger partial charge < -0.3 is 14.5 Å². The van der Waals surface area contributed by atoms with E-state index in [1.165, 1.54) is 0 Å². The average Bonchev–Trinajstić information content (AvgIpc) is 3.50. The third-order valence-electron chi connectivity index (χ3n) is 6.01. The fourth-order valence-corrected chi connectivity index (χ4v) is 4.25. The molecule has 2 heterocycles. The molecule has 0 amide bonds. The highest BCUT2D eigenvalue weighted by molar-refractivity contribution is 6.04. The van der Waals surface area contributed by atoms with Gasteiger partial charge in [-0.25, -0.2) is 14.5 Å². The van der Waals surface area contributed by atoms with Crippen LogP contribution in [0.2, 0.25) is 0 Å². The van der Waals surface area contributed by atoms with Gasteiger partial charge in [0.1, 0.15) is 17.5 Å². The normalized spacial score (nSPS) is 12.2. The lowest BCUT2D eigenvalue weighted by Gasteiger charge is -2.19. The first-order chi connectivity index (χ1) is 18.0. The van der Waals surface area contributed by atoms with E-state index in [9.17, 15) is 14.9 Å². The van der Waals surface area contributed by atoms with Crippen molar-refractivity contribution in [1.82, 2.24) is 14.8 Å². The van der Waals surface area contributed by atoms with Gasteiger partial charge in [-0.15, -0.1) is 5.10 Å². The number of nitriles is 1. The molecule has 0 aliphatic carbocycles. The minimum absolute atomic E-state index is 0.109. The van der Waals surface area contributed by atoms with Crippen molar-refractivity contribution in [3.8, 4) is 23.1 Å². The summed E-state index contributed by atoms with van der Waals surface area (Å²) in [4.78, 5) is 33.8. The van der Waals surface area contributed by atoms with Crippen molar-refractivity contribution in [1.29, 1.82) is 5.26 Å². The SMILES string of the molecule is CN1C(=C(C#N)C(=O)COC(=O)c2nc(-c3ccccc3)n(-c3ccccc3)n2)N(C)c2ccccc21. The maximum Gasteiger partial charge on any atom is 0.378 e. The van der Waals surface area contributed by atoms with Crippen molar-refractivity contribution in [3.05, 3.63) is 102 Å². The highest BCUT2D eigenvalue weighted by atomic mass is 16.5. The van der Waals surface area contributed by atoms with E-state index in [-0.39, 0.29) is 11.4 Å². The van der Waals surface area contributed by atoms with E-state index in [0.717, 1.165) is 16.9 Å². The smallest absolute Gasteiger partial charge is 0.378 e. The number of ketones is 1. The maximum atomic E-state index is 13.0. The van der Waals surface area contributed by atoms with Gasteiger partial charge in [0.25, 0.3) is 5.82 Å². The summed E-state index contributed by atoms with van der Waals surface area (Å²) in [6.07, 6.45) is 0. The molecule has 0 saturated carbocycles. The summed E-state index contributed by atoms with van der Waals surface area (Å²) in [6.45, 7) is -0.621. The zero-order chi connectivity index (χ0) is 25.9. The van der Waals surface area contributed by atoms with E-state index in [2.05, 4.69) is 10.1 Å². The van der Waals surface area contributed by atoms with Crippen LogP contribution < -0.4 is 9.80 Å². The highest BCUT2D eigenvalue weighted by Crippen LogP contribution is 2.40. The molecular weight excluding hydrogens is 468 g/mol. The van der Waals surface area contributed by atoms with Crippen LogP contribution in [-0.2, 0) is 9.53 Å². The van der Waals surface area contributed by atoms with Crippen LogP contribution in [0.4, 0.5) is 11.4 Å². The zero-order valence-electron chi connectivity index (χ0n) is 20.2. The van der Waals surface area contributed by atoms with E-state index < -0.39 is 18.4 Å². The lowest BCUT2D eigenvalue weighted by atomic mass is 10.2. The Morgan fingerprint density at radius 1 is 0.865 bits per heavy atom. The number of para-hydroxylation sites is 3. The standard InChI is InChI=1S/C28H22N6O3/c1-32-22-15-9-10-16-23(22)33(2)27(32)21(17-29)24(35)18-37-28(36)25-30-26(19-11-5-3-6-12-19)34(31-25)20-13-7-4-8-14-20/h3-16H,18H2,1-2H3. The van der Waals surface area contributed by atoms with Crippen molar-refractivity contribution < 1.29 is 14.3 Å². The third-order valence-corrected chi connectivity index (χ3v) is 6.01. The molecule has 1 aliphatic rings. The molecule has 4 aromatic rings. The number of carbonyl (C=O) groups is 2. The van der Waals surface area contributed by atoms with Crippen LogP contribution in [0.3, 0.4) is 0 Å². The van der Waals surface area contributed by atoms with Crippen LogP contribution in [0, 0.1) is 11.3 Å². The molecule has 0 saturated heterocycles. The fraction of sp³-hybridized carbons (Fsp3) is 0.107.